The summed E-state index contributed by atoms with van der Waals surface area (Å²) in [5.74, 6) is 1.03. The number of halogens is 2. The number of rotatable bonds is 2. The molecule has 1 aliphatic rings. The van der Waals surface area contributed by atoms with Gasteiger partial charge in [0.1, 0.15) is 12.9 Å². The molecule has 0 saturated carbocycles. The van der Waals surface area contributed by atoms with Gasteiger partial charge in [0.2, 0.25) is 0 Å². The lowest BCUT2D eigenvalue weighted by molar-refractivity contribution is 0.601. The Morgan fingerprint density at radius 3 is 2.89 bits per heavy atom. The zero-order valence-electron chi connectivity index (χ0n) is 14.4. The number of benzene rings is 1. The van der Waals surface area contributed by atoms with Crippen LogP contribution in [0.25, 0.3) is 17.1 Å². The summed E-state index contributed by atoms with van der Waals surface area (Å²) >= 11 is 9.78. The Balaban J connectivity index is 1.67. The molecule has 10 nitrogen and oxygen atoms in total. The summed E-state index contributed by atoms with van der Waals surface area (Å²) < 4.78 is 6.70. The average molecular weight is 464 g/mol. The van der Waals surface area contributed by atoms with Crippen LogP contribution >= 0.6 is 27.5 Å². The van der Waals surface area contributed by atoms with Gasteiger partial charge in [0, 0.05) is 17.1 Å². The lowest BCUT2D eigenvalue weighted by Crippen LogP contribution is -2.26. The normalized spacial score (nSPS) is 12.4. The molecule has 12 heteroatoms. The number of nitrogens with one attached hydrogen (secondary N) is 1. The van der Waals surface area contributed by atoms with Crippen molar-refractivity contribution >= 4 is 27.5 Å². The van der Waals surface area contributed by atoms with Crippen LogP contribution in [0.1, 0.15) is 11.5 Å². The summed E-state index contributed by atoms with van der Waals surface area (Å²) in [4.78, 5) is 32.6. The Morgan fingerprint density at radius 1 is 1.32 bits per heavy atom. The molecular formula is C16H12BrClN8O2. The zero-order chi connectivity index (χ0) is 19.6. The third kappa shape index (κ3) is 2.50. The van der Waals surface area contributed by atoms with Crippen molar-refractivity contribution in [3.63, 3.8) is 0 Å². The van der Waals surface area contributed by atoms with Crippen molar-refractivity contribution in [1.82, 2.24) is 38.7 Å². The van der Waals surface area contributed by atoms with Gasteiger partial charge in [-0.3, -0.25) is 4.57 Å². The van der Waals surface area contributed by atoms with E-state index < -0.39 is 11.4 Å². The van der Waals surface area contributed by atoms with Gasteiger partial charge in [-0.1, -0.05) is 27.5 Å². The molecule has 0 amide bonds. The quantitative estimate of drug-likeness (QED) is 0.422. The van der Waals surface area contributed by atoms with E-state index in [1.165, 1.54) is 11.7 Å². The number of imidazole rings is 1. The molecule has 0 bridgehead atoms. The van der Waals surface area contributed by atoms with Gasteiger partial charge in [-0.05, 0) is 18.2 Å². The Bertz CT molecular complexity index is 1360. The van der Waals surface area contributed by atoms with E-state index in [0.29, 0.717) is 23.3 Å². The zero-order valence-corrected chi connectivity index (χ0v) is 16.8. The summed E-state index contributed by atoms with van der Waals surface area (Å²) in [6, 6.07) is 5.82. The van der Waals surface area contributed by atoms with Crippen molar-refractivity contribution in [1.29, 1.82) is 0 Å². The first-order valence-electron chi connectivity index (χ1n) is 8.24. The third-order valence-corrected chi connectivity index (χ3v) is 5.45. The standard InChI is InChI=1S/C16H12BrClN8O2/c1-23-15(27)22-26(16(23)28)6-12-20-14-9-4-8(17)2-3-10(9)24-7-19-13(18)11(24)5-25(14)21-12/h2-4,7H,5-6H2,1H3,(H,22,27). The lowest BCUT2D eigenvalue weighted by Gasteiger charge is -2.08. The minimum absolute atomic E-state index is 0.0469. The van der Waals surface area contributed by atoms with Gasteiger partial charge in [0.05, 0.1) is 17.9 Å². The summed E-state index contributed by atoms with van der Waals surface area (Å²) in [5.41, 5.74) is 1.55. The van der Waals surface area contributed by atoms with Gasteiger partial charge < -0.3 is 0 Å². The second kappa shape index (κ2) is 6.04. The molecule has 3 aromatic heterocycles. The van der Waals surface area contributed by atoms with Crippen LogP contribution in [0.15, 0.2) is 38.6 Å². The van der Waals surface area contributed by atoms with Gasteiger partial charge >= 0.3 is 11.4 Å². The minimum Gasteiger partial charge on any atom is -0.299 e. The van der Waals surface area contributed by atoms with E-state index in [4.69, 9.17) is 11.6 Å². The van der Waals surface area contributed by atoms with Gasteiger partial charge in [0.25, 0.3) is 0 Å². The molecule has 1 aromatic carbocycles. The lowest BCUT2D eigenvalue weighted by atomic mass is 10.1. The van der Waals surface area contributed by atoms with Gasteiger partial charge in [-0.15, -0.1) is 0 Å². The van der Waals surface area contributed by atoms with Crippen LogP contribution in [0.5, 0.6) is 0 Å². The molecule has 1 aliphatic heterocycles. The van der Waals surface area contributed by atoms with E-state index in [1.807, 2.05) is 22.8 Å². The molecule has 0 spiro atoms. The number of hydrogen-bond acceptors (Lipinski definition) is 5. The van der Waals surface area contributed by atoms with E-state index >= 15 is 0 Å². The topological polar surface area (TPSA) is 108 Å². The van der Waals surface area contributed by atoms with Crippen LogP contribution < -0.4 is 11.4 Å². The van der Waals surface area contributed by atoms with E-state index in [-0.39, 0.29) is 6.54 Å². The Kier molecular flexibility index (Phi) is 3.71. The third-order valence-electron chi connectivity index (χ3n) is 4.64. The molecule has 1 N–H and O–H groups in total. The van der Waals surface area contributed by atoms with Crippen molar-refractivity contribution in [2.45, 2.75) is 13.1 Å². The fourth-order valence-corrected chi connectivity index (χ4v) is 3.82. The first kappa shape index (κ1) is 17.2. The highest BCUT2D eigenvalue weighted by atomic mass is 79.9. The molecule has 5 rings (SSSR count). The van der Waals surface area contributed by atoms with E-state index in [0.717, 1.165) is 26.0 Å². The van der Waals surface area contributed by atoms with Gasteiger partial charge in [-0.25, -0.2) is 38.6 Å². The van der Waals surface area contributed by atoms with E-state index in [9.17, 15) is 9.59 Å². The molecule has 0 aliphatic carbocycles. The molecule has 0 fully saturated rings. The van der Waals surface area contributed by atoms with Gasteiger partial charge in [0.15, 0.2) is 16.8 Å². The monoisotopic (exact) mass is 462 g/mol. The van der Waals surface area contributed by atoms with Crippen molar-refractivity contribution in [3.05, 3.63) is 66.6 Å². The van der Waals surface area contributed by atoms with Crippen LogP contribution in [0.2, 0.25) is 5.15 Å². The first-order valence-corrected chi connectivity index (χ1v) is 9.41. The summed E-state index contributed by atoms with van der Waals surface area (Å²) in [5, 5.41) is 7.41. The number of aromatic amines is 1. The maximum absolute atomic E-state index is 12.1. The Hall–Kier alpha value is -2.92. The van der Waals surface area contributed by atoms with E-state index in [2.05, 4.69) is 36.1 Å². The smallest absolute Gasteiger partial charge is 0.299 e. The second-order valence-electron chi connectivity index (χ2n) is 6.37. The maximum atomic E-state index is 12.1. The highest BCUT2D eigenvalue weighted by Gasteiger charge is 2.25. The molecule has 0 unspecified atom stereocenters. The molecule has 28 heavy (non-hydrogen) atoms. The van der Waals surface area contributed by atoms with Crippen LogP contribution in [0, 0.1) is 0 Å². The molecular weight excluding hydrogens is 452 g/mol. The Morgan fingerprint density at radius 2 is 2.14 bits per heavy atom. The summed E-state index contributed by atoms with van der Waals surface area (Å²) in [6.45, 7) is 0.416. The highest BCUT2D eigenvalue weighted by molar-refractivity contribution is 9.10. The van der Waals surface area contributed by atoms with E-state index in [1.54, 1.807) is 11.0 Å². The number of nitrogens with zero attached hydrogens (tertiary/aromatic N) is 7. The Labute approximate surface area is 170 Å². The second-order valence-corrected chi connectivity index (χ2v) is 7.64. The number of aromatic nitrogens is 8. The largest absolute Gasteiger partial charge is 0.347 e. The number of hydrogen-bond donors (Lipinski definition) is 1. The molecule has 0 atom stereocenters. The highest BCUT2D eigenvalue weighted by Crippen LogP contribution is 2.34. The fourth-order valence-electron chi connectivity index (χ4n) is 3.26. The predicted octanol–water partition coefficient (Wildman–Crippen LogP) is 1.15. The van der Waals surface area contributed by atoms with Crippen molar-refractivity contribution < 1.29 is 0 Å². The maximum Gasteiger partial charge on any atom is 0.347 e. The van der Waals surface area contributed by atoms with Crippen LogP contribution in [-0.4, -0.2) is 38.7 Å². The summed E-state index contributed by atoms with van der Waals surface area (Å²) in [6.07, 6.45) is 1.67. The minimum atomic E-state index is -0.490. The molecule has 0 radical (unpaired) electrons. The predicted molar refractivity (Wildman–Crippen MR) is 104 cm³/mol. The average Bonchev–Trinajstić information content (AvgIpc) is 3.27. The van der Waals surface area contributed by atoms with Gasteiger partial charge in [-0.2, -0.15) is 5.10 Å². The molecule has 4 aromatic rings. The molecule has 142 valence electrons. The van der Waals surface area contributed by atoms with Crippen molar-refractivity contribution in [2.75, 3.05) is 0 Å². The van der Waals surface area contributed by atoms with Crippen molar-refractivity contribution in [3.8, 4) is 17.1 Å². The van der Waals surface area contributed by atoms with Crippen molar-refractivity contribution in [2.24, 2.45) is 7.05 Å². The number of fused-ring (bicyclic) bond motifs is 5. The SMILES string of the molecule is Cn1c(=O)[nH]n(Cc2nc3n(n2)Cc2c(Cl)ncn2-c2ccc(Br)cc2-3)c1=O. The number of H-pyrrole nitrogens is 1. The summed E-state index contributed by atoms with van der Waals surface area (Å²) in [7, 11) is 1.41. The van der Waals surface area contributed by atoms with Crippen LogP contribution in [0.3, 0.4) is 0 Å². The fraction of sp³-hybridized carbons (Fsp3) is 0.188. The molecule has 4 heterocycles. The molecule has 0 saturated heterocycles. The van der Waals surface area contributed by atoms with Crippen LogP contribution in [-0.2, 0) is 20.1 Å². The first-order chi connectivity index (χ1) is 13.4. The van der Waals surface area contributed by atoms with Crippen LogP contribution in [0.4, 0.5) is 0 Å².